The van der Waals surface area contributed by atoms with Gasteiger partial charge in [0.05, 0.1) is 0 Å². The van der Waals surface area contributed by atoms with Crippen LogP contribution in [0.5, 0.6) is 0 Å². The van der Waals surface area contributed by atoms with Gasteiger partial charge in [-0.15, -0.1) is 6.58 Å². The van der Waals surface area contributed by atoms with Crippen LogP contribution in [-0.2, 0) is 0 Å². The van der Waals surface area contributed by atoms with Crippen LogP contribution in [0, 0.1) is 11.3 Å². The first-order valence-electron chi connectivity index (χ1n) is 3.99. The lowest BCUT2D eigenvalue weighted by atomic mass is 9.78. The Kier molecular flexibility index (Phi) is 1.98. The van der Waals surface area contributed by atoms with E-state index in [0.717, 1.165) is 5.92 Å². The van der Waals surface area contributed by atoms with Gasteiger partial charge in [0.25, 0.3) is 0 Å². The molecule has 0 radical (unpaired) electrons. The Bertz CT molecular complexity index is 155. The van der Waals surface area contributed by atoms with Crippen molar-refractivity contribution in [2.45, 2.75) is 26.7 Å². The number of hydrogen-bond donors (Lipinski definition) is 0. The Morgan fingerprint density at radius 3 is 2.80 bits per heavy atom. The molecule has 0 nitrogen and oxygen atoms in total. The van der Waals surface area contributed by atoms with Crippen molar-refractivity contribution >= 4 is 0 Å². The van der Waals surface area contributed by atoms with Crippen LogP contribution in [0.1, 0.15) is 26.7 Å². The molecule has 1 aliphatic rings. The Hall–Kier alpha value is -0.520. The summed E-state index contributed by atoms with van der Waals surface area (Å²) in [6.45, 7) is 8.33. The Labute approximate surface area is 63.6 Å². The van der Waals surface area contributed by atoms with Crippen LogP contribution in [0.3, 0.4) is 0 Å². The van der Waals surface area contributed by atoms with Gasteiger partial charge in [-0.2, -0.15) is 0 Å². The molecule has 0 aliphatic heterocycles. The molecular weight excluding hydrogens is 120 g/mol. The fourth-order valence-corrected chi connectivity index (χ4v) is 1.27. The van der Waals surface area contributed by atoms with Crippen molar-refractivity contribution in [3.05, 3.63) is 24.8 Å². The van der Waals surface area contributed by atoms with E-state index in [9.17, 15) is 0 Å². The number of hydrogen-bond acceptors (Lipinski definition) is 0. The minimum atomic E-state index is 0.284. The summed E-state index contributed by atoms with van der Waals surface area (Å²) in [4.78, 5) is 0. The Balaban J connectivity index is 2.68. The minimum Gasteiger partial charge on any atom is -0.102 e. The minimum absolute atomic E-state index is 0.284. The van der Waals surface area contributed by atoms with Gasteiger partial charge < -0.3 is 0 Å². The first kappa shape index (κ1) is 7.59. The van der Waals surface area contributed by atoms with Gasteiger partial charge >= 0.3 is 0 Å². The van der Waals surface area contributed by atoms with Gasteiger partial charge in [-0.1, -0.05) is 32.1 Å². The second kappa shape index (κ2) is 2.61. The van der Waals surface area contributed by atoms with Crippen molar-refractivity contribution in [1.29, 1.82) is 0 Å². The zero-order valence-corrected chi connectivity index (χ0v) is 6.93. The highest BCUT2D eigenvalue weighted by molar-refractivity contribution is 5.11. The van der Waals surface area contributed by atoms with Gasteiger partial charge in [-0.05, 0) is 18.8 Å². The summed E-state index contributed by atoms with van der Waals surface area (Å²) >= 11 is 0. The van der Waals surface area contributed by atoms with E-state index in [-0.39, 0.29) is 5.41 Å². The summed E-state index contributed by atoms with van der Waals surface area (Å²) < 4.78 is 0. The summed E-state index contributed by atoms with van der Waals surface area (Å²) in [5.41, 5.74) is 0.284. The molecule has 0 amide bonds. The average Bonchev–Trinajstić information content (AvgIpc) is 1.96. The number of rotatable bonds is 1. The molecule has 2 atom stereocenters. The molecule has 0 spiro atoms. The summed E-state index contributed by atoms with van der Waals surface area (Å²) in [6, 6.07) is 0. The third-order valence-corrected chi connectivity index (χ3v) is 2.41. The monoisotopic (exact) mass is 136 g/mol. The molecule has 1 aliphatic carbocycles. The SMILES string of the molecule is C=CC1(C)C=CC(C)CC1. The summed E-state index contributed by atoms with van der Waals surface area (Å²) in [5, 5.41) is 0. The zero-order chi connectivity index (χ0) is 7.61. The van der Waals surface area contributed by atoms with Crippen LogP contribution >= 0.6 is 0 Å². The maximum atomic E-state index is 3.83. The van der Waals surface area contributed by atoms with Gasteiger partial charge in [0.15, 0.2) is 0 Å². The largest absolute Gasteiger partial charge is 0.102 e. The van der Waals surface area contributed by atoms with Crippen LogP contribution in [0.25, 0.3) is 0 Å². The van der Waals surface area contributed by atoms with Crippen molar-refractivity contribution in [2.75, 3.05) is 0 Å². The van der Waals surface area contributed by atoms with Crippen LogP contribution in [0.2, 0.25) is 0 Å². The first-order chi connectivity index (χ1) is 4.66. The highest BCUT2D eigenvalue weighted by atomic mass is 14.2. The van der Waals surface area contributed by atoms with Crippen molar-refractivity contribution < 1.29 is 0 Å². The average molecular weight is 136 g/mol. The lowest BCUT2D eigenvalue weighted by Crippen LogP contribution is -2.15. The first-order valence-corrected chi connectivity index (χ1v) is 3.99. The zero-order valence-electron chi connectivity index (χ0n) is 6.93. The van der Waals surface area contributed by atoms with Crippen LogP contribution in [0.15, 0.2) is 24.8 Å². The molecule has 0 aromatic rings. The summed E-state index contributed by atoms with van der Waals surface area (Å²) in [6.07, 6.45) is 9.20. The molecule has 0 saturated heterocycles. The molecule has 0 heterocycles. The van der Waals surface area contributed by atoms with E-state index in [0.29, 0.717) is 0 Å². The highest BCUT2D eigenvalue weighted by Gasteiger charge is 2.20. The topological polar surface area (TPSA) is 0 Å². The maximum absolute atomic E-state index is 3.83. The molecule has 0 fully saturated rings. The molecule has 0 aromatic carbocycles. The number of allylic oxidation sites excluding steroid dienone is 3. The lowest BCUT2D eigenvalue weighted by Gasteiger charge is -2.27. The van der Waals surface area contributed by atoms with E-state index in [1.807, 2.05) is 0 Å². The maximum Gasteiger partial charge on any atom is 0.00303 e. The summed E-state index contributed by atoms with van der Waals surface area (Å²) in [5.74, 6) is 0.771. The second-order valence-electron chi connectivity index (χ2n) is 3.59. The normalized spacial score (nSPS) is 39.6. The van der Waals surface area contributed by atoms with Crippen LogP contribution < -0.4 is 0 Å². The molecule has 56 valence electrons. The van der Waals surface area contributed by atoms with Crippen molar-refractivity contribution in [1.82, 2.24) is 0 Å². The fourth-order valence-electron chi connectivity index (χ4n) is 1.27. The standard InChI is InChI=1S/C10H16/c1-4-10(3)7-5-9(2)6-8-10/h4-5,7,9H,1,6,8H2,2-3H3. The van der Waals surface area contributed by atoms with E-state index < -0.39 is 0 Å². The Morgan fingerprint density at radius 1 is 1.70 bits per heavy atom. The molecule has 0 aromatic heterocycles. The molecule has 0 heteroatoms. The Morgan fingerprint density at radius 2 is 2.40 bits per heavy atom. The third kappa shape index (κ3) is 1.50. The van der Waals surface area contributed by atoms with E-state index in [4.69, 9.17) is 0 Å². The van der Waals surface area contributed by atoms with Gasteiger partial charge in [0, 0.05) is 5.41 Å². The van der Waals surface area contributed by atoms with Gasteiger partial charge in [-0.3, -0.25) is 0 Å². The highest BCUT2D eigenvalue weighted by Crippen LogP contribution is 2.33. The van der Waals surface area contributed by atoms with E-state index in [2.05, 4.69) is 38.7 Å². The van der Waals surface area contributed by atoms with Crippen molar-refractivity contribution in [3.63, 3.8) is 0 Å². The molecule has 0 saturated carbocycles. The molecule has 0 bridgehead atoms. The molecule has 10 heavy (non-hydrogen) atoms. The smallest absolute Gasteiger partial charge is 0.00303 e. The van der Waals surface area contributed by atoms with E-state index in [1.165, 1.54) is 12.8 Å². The van der Waals surface area contributed by atoms with Crippen molar-refractivity contribution in [3.8, 4) is 0 Å². The van der Waals surface area contributed by atoms with E-state index in [1.54, 1.807) is 0 Å². The molecular formula is C10H16. The fraction of sp³-hybridized carbons (Fsp3) is 0.600. The predicted octanol–water partition coefficient (Wildman–Crippen LogP) is 3.16. The van der Waals surface area contributed by atoms with Crippen molar-refractivity contribution in [2.24, 2.45) is 11.3 Å². The molecule has 0 N–H and O–H groups in total. The molecule has 1 rings (SSSR count). The predicted molar refractivity (Wildman–Crippen MR) is 45.8 cm³/mol. The lowest BCUT2D eigenvalue weighted by molar-refractivity contribution is 0.414. The second-order valence-corrected chi connectivity index (χ2v) is 3.59. The van der Waals surface area contributed by atoms with Gasteiger partial charge in [0.2, 0.25) is 0 Å². The summed E-state index contributed by atoms with van der Waals surface area (Å²) in [7, 11) is 0. The van der Waals surface area contributed by atoms with Crippen LogP contribution in [-0.4, -0.2) is 0 Å². The van der Waals surface area contributed by atoms with Gasteiger partial charge in [-0.25, -0.2) is 0 Å². The third-order valence-electron chi connectivity index (χ3n) is 2.41. The van der Waals surface area contributed by atoms with Gasteiger partial charge in [0.1, 0.15) is 0 Å². The van der Waals surface area contributed by atoms with E-state index >= 15 is 0 Å². The quantitative estimate of drug-likeness (QED) is 0.486. The molecule has 2 unspecified atom stereocenters. The van der Waals surface area contributed by atoms with Crippen LogP contribution in [0.4, 0.5) is 0 Å².